The Kier molecular flexibility index (Phi) is 25.4. The van der Waals surface area contributed by atoms with Crippen molar-refractivity contribution in [3.63, 3.8) is 0 Å². The van der Waals surface area contributed by atoms with E-state index in [0.717, 1.165) is 0 Å². The van der Waals surface area contributed by atoms with Gasteiger partial charge in [0, 0.05) is 16.5 Å². The van der Waals surface area contributed by atoms with E-state index >= 15 is 0 Å². The molecule has 0 spiro atoms. The van der Waals surface area contributed by atoms with Gasteiger partial charge in [-0.25, -0.2) is 0 Å². The molecule has 0 heterocycles. The van der Waals surface area contributed by atoms with Crippen LogP contribution in [-0.4, -0.2) is 13.3 Å². The van der Waals surface area contributed by atoms with Gasteiger partial charge >= 0.3 is 29.6 Å². The molecule has 0 unspecified atom stereocenters. The van der Waals surface area contributed by atoms with Crippen LogP contribution in [0, 0.1) is 0 Å². The average Bonchev–Trinajstić information content (AvgIpc) is 0.811. The minimum Gasteiger partial charge on any atom is -1.00 e. The molecule has 0 rings (SSSR count). The zero-order chi connectivity index (χ0) is 3.58. The van der Waals surface area contributed by atoms with Gasteiger partial charge in [0.05, 0.1) is 0 Å². The van der Waals surface area contributed by atoms with E-state index in [1.807, 2.05) is 0 Å². The molecule has 0 saturated heterocycles. The van der Waals surface area contributed by atoms with Crippen LogP contribution in [0.2, 0.25) is 0 Å². The summed E-state index contributed by atoms with van der Waals surface area (Å²) in [4.78, 5) is 0. The fourth-order valence-corrected chi connectivity index (χ4v) is 0. The summed E-state index contributed by atoms with van der Waals surface area (Å²) in [6, 6.07) is 0. The predicted molar refractivity (Wildman–Crippen MR) is 14.5 cm³/mol. The van der Waals surface area contributed by atoms with Gasteiger partial charge < -0.3 is 1.43 Å². The fourth-order valence-electron chi connectivity index (χ4n) is 0. The van der Waals surface area contributed by atoms with Crippen molar-refractivity contribution in [2.45, 2.75) is 0 Å². The Morgan fingerprint density at radius 2 is 1.50 bits per heavy atom. The molecule has 0 radical (unpaired) electrons. The molecule has 3 nitrogen and oxygen atoms in total. The van der Waals surface area contributed by atoms with Crippen LogP contribution in [0.15, 0.2) is 0 Å². The van der Waals surface area contributed by atoms with Crippen molar-refractivity contribution in [1.82, 2.24) is 0 Å². The van der Waals surface area contributed by atoms with Gasteiger partial charge in [0.1, 0.15) is 0 Å². The maximum Gasteiger partial charge on any atom is 1.00 e. The van der Waals surface area contributed by atoms with Crippen molar-refractivity contribution < 1.29 is 60.8 Å². The van der Waals surface area contributed by atoms with Crippen LogP contribution >= 0.6 is 0 Å². The predicted octanol–water partition coefficient (Wildman–Crippen LogP) is -3.20. The molecule has 6 heteroatoms. The Morgan fingerprint density at radius 3 is 1.50 bits per heavy atom. The van der Waals surface area contributed by atoms with E-state index in [1.54, 1.807) is 0 Å². The molecule has 6 heavy (non-hydrogen) atoms. The van der Waals surface area contributed by atoms with E-state index in [1.165, 1.54) is 0 Å². The van der Waals surface area contributed by atoms with Crippen LogP contribution in [-0.2, 0) is 27.9 Å². The van der Waals surface area contributed by atoms with Gasteiger partial charge in [0.15, 0.2) is 0 Å². The number of hydrogen-bond acceptors (Lipinski definition) is 1. The number of hydrogen-bond donors (Lipinski definition) is 2. The first-order chi connectivity index (χ1) is 1.73. The summed E-state index contributed by atoms with van der Waals surface area (Å²) >= 11 is -2.61. The summed E-state index contributed by atoms with van der Waals surface area (Å²) in [5, 5.41) is 0. The molecule has 0 aromatic heterocycles. The Labute approximate surface area is 71.7 Å². The summed E-state index contributed by atoms with van der Waals surface area (Å²) in [5.41, 5.74) is 0. The van der Waals surface area contributed by atoms with Gasteiger partial charge in [0.2, 0.25) is 0 Å². The first-order valence-electron chi connectivity index (χ1n) is 0.532. The monoisotopic (exact) mass is 164 g/mol. The summed E-state index contributed by atoms with van der Waals surface area (Å²) < 4.78 is 22.8. The molecule has 0 aromatic carbocycles. The van der Waals surface area contributed by atoms with Crippen molar-refractivity contribution in [2.24, 2.45) is 0 Å². The molecule has 0 bridgehead atoms. The molecule has 0 saturated carbocycles. The van der Waals surface area contributed by atoms with Gasteiger partial charge in [-0.15, -0.1) is 0 Å². The maximum atomic E-state index is 8.67. The zero-order valence-electron chi connectivity index (χ0n) is 4.03. The second kappa shape index (κ2) is 9.76. The molecule has 38 valence electrons. The quantitative estimate of drug-likeness (QED) is 0.293. The minimum absolute atomic E-state index is 0. The molecule has 0 aromatic rings. The van der Waals surface area contributed by atoms with Crippen LogP contribution in [0.1, 0.15) is 1.43 Å². The molecule has 0 aliphatic carbocycles. The van der Waals surface area contributed by atoms with Gasteiger partial charge in [-0.2, -0.15) is 4.21 Å². The maximum absolute atomic E-state index is 8.67. The normalized spacial score (nSPS) is 5.83. The molecule has 0 atom stereocenters. The van der Waals surface area contributed by atoms with Gasteiger partial charge in [-0.3, -0.25) is 9.11 Å². The second-order valence-corrected chi connectivity index (χ2v) is 0.692. The first kappa shape index (κ1) is 15.6. The third-order valence-electron chi connectivity index (χ3n) is 0. The molecule has 0 fully saturated rings. The standard InChI is InChI=1S/Na.Ni.H2O3S.H/c;;1-4(2)3;/h;;(H2,1,2,3);/q+1;;;-1. The van der Waals surface area contributed by atoms with Crippen LogP contribution in [0.25, 0.3) is 0 Å². The van der Waals surface area contributed by atoms with E-state index in [2.05, 4.69) is 0 Å². The van der Waals surface area contributed by atoms with Crippen LogP contribution in [0.3, 0.4) is 0 Å². The molecule has 0 amide bonds. The van der Waals surface area contributed by atoms with Crippen LogP contribution in [0.4, 0.5) is 0 Å². The Morgan fingerprint density at radius 1 is 1.50 bits per heavy atom. The van der Waals surface area contributed by atoms with Gasteiger partial charge in [-0.05, 0) is 0 Å². The smallest absolute Gasteiger partial charge is 1.00 e. The molecular weight excluding hydrogens is 162 g/mol. The third kappa shape index (κ3) is 47.4. The molecule has 0 aliphatic heterocycles. The average molecular weight is 165 g/mol. The van der Waals surface area contributed by atoms with Crippen molar-refractivity contribution >= 4 is 11.4 Å². The van der Waals surface area contributed by atoms with E-state index in [-0.39, 0.29) is 47.5 Å². The third-order valence-corrected chi connectivity index (χ3v) is 0. The van der Waals surface area contributed by atoms with Gasteiger partial charge in [0.25, 0.3) is 11.4 Å². The van der Waals surface area contributed by atoms with E-state index in [4.69, 9.17) is 13.3 Å². The summed E-state index contributed by atoms with van der Waals surface area (Å²) in [5.74, 6) is 0. The topological polar surface area (TPSA) is 57.5 Å². The van der Waals surface area contributed by atoms with Crippen molar-refractivity contribution in [3.05, 3.63) is 0 Å². The van der Waals surface area contributed by atoms with Crippen molar-refractivity contribution in [2.75, 3.05) is 0 Å². The van der Waals surface area contributed by atoms with Crippen LogP contribution in [0.5, 0.6) is 0 Å². The Hall–Kier alpha value is 1.56. The molecular formula is H3NaNiO3S. The zero-order valence-corrected chi connectivity index (χ0v) is 6.83. The van der Waals surface area contributed by atoms with Crippen molar-refractivity contribution in [1.29, 1.82) is 0 Å². The summed E-state index contributed by atoms with van der Waals surface area (Å²) in [6.45, 7) is 0. The largest absolute Gasteiger partial charge is 1.00 e. The SMILES string of the molecule is O=S(O)O.[H-].[Na+].[Ni]. The first-order valence-corrected chi connectivity index (χ1v) is 1.60. The molecule has 2 N–H and O–H groups in total. The van der Waals surface area contributed by atoms with Gasteiger partial charge in [-0.1, -0.05) is 0 Å². The van der Waals surface area contributed by atoms with Crippen molar-refractivity contribution in [3.8, 4) is 0 Å². The second-order valence-electron chi connectivity index (χ2n) is 0.231. The van der Waals surface area contributed by atoms with E-state index in [9.17, 15) is 0 Å². The van der Waals surface area contributed by atoms with E-state index < -0.39 is 11.4 Å². The summed E-state index contributed by atoms with van der Waals surface area (Å²) in [6.07, 6.45) is 0. The minimum atomic E-state index is -2.61. The molecule has 0 aliphatic rings. The van der Waals surface area contributed by atoms with Crippen LogP contribution < -0.4 is 29.6 Å². The Balaban J connectivity index is -0.0000000150. The number of rotatable bonds is 0. The fraction of sp³-hybridized carbons (Fsp3) is 0. The summed E-state index contributed by atoms with van der Waals surface area (Å²) in [7, 11) is 0. The van der Waals surface area contributed by atoms with E-state index in [0.29, 0.717) is 0 Å². The Bertz CT molecular complexity index is 37.9.